The zero-order valence-corrected chi connectivity index (χ0v) is 18.0. The van der Waals surface area contributed by atoms with Crippen molar-refractivity contribution >= 4 is 27.6 Å². The Hall–Kier alpha value is -2.49. The molecule has 29 heavy (non-hydrogen) atoms. The van der Waals surface area contributed by atoms with E-state index in [0.717, 1.165) is 48.0 Å². The lowest BCUT2D eigenvalue weighted by molar-refractivity contribution is -0.721. The maximum atomic E-state index is 14.6. The zero-order chi connectivity index (χ0) is 20.6. The lowest BCUT2D eigenvalue weighted by Crippen LogP contribution is -2.55. The summed E-state index contributed by atoms with van der Waals surface area (Å²) < 4.78 is 19.5. The minimum atomic E-state index is -0.188. The second-order valence-electron chi connectivity index (χ2n) is 9.56. The minimum Gasteiger partial charge on any atom is -0.217 e. The van der Waals surface area contributed by atoms with E-state index in [-0.39, 0.29) is 16.8 Å². The predicted molar refractivity (Wildman–Crippen MR) is 116 cm³/mol. The number of aryl methyl sites for hydroxylation is 1. The molecule has 0 atom stereocenters. The fraction of sp³-hybridized carbons (Fsp3) is 0.440. The molecule has 0 saturated heterocycles. The Kier molecular flexibility index (Phi) is 3.84. The summed E-state index contributed by atoms with van der Waals surface area (Å²) >= 11 is 0. The summed E-state index contributed by atoms with van der Waals surface area (Å²) in [6, 6.07) is 12.0. The van der Waals surface area contributed by atoms with Gasteiger partial charge in [0.15, 0.2) is 11.0 Å². The van der Waals surface area contributed by atoms with Gasteiger partial charge in [-0.2, -0.15) is 4.40 Å². The van der Waals surface area contributed by atoms with Crippen LogP contribution in [-0.4, -0.2) is 9.38 Å². The first-order valence-electron chi connectivity index (χ1n) is 10.8. The van der Waals surface area contributed by atoms with Crippen molar-refractivity contribution < 1.29 is 8.96 Å². The monoisotopic (exact) mass is 390 g/mol. The highest BCUT2D eigenvalue weighted by Gasteiger charge is 2.43. The summed E-state index contributed by atoms with van der Waals surface area (Å²) in [4.78, 5) is 5.04. The van der Waals surface area contributed by atoms with Gasteiger partial charge in [0.05, 0.1) is 10.9 Å². The number of aromatic nitrogens is 3. The molecule has 1 aliphatic heterocycles. The number of fused-ring (bicyclic) bond motifs is 3. The molecule has 0 saturated carbocycles. The Balaban J connectivity index is 2.16. The van der Waals surface area contributed by atoms with Crippen LogP contribution in [0, 0.1) is 5.82 Å². The van der Waals surface area contributed by atoms with Crippen molar-refractivity contribution in [1.29, 1.82) is 0 Å². The first kappa shape index (κ1) is 18.5. The van der Waals surface area contributed by atoms with Gasteiger partial charge in [-0.15, -0.1) is 0 Å². The van der Waals surface area contributed by atoms with Gasteiger partial charge in [0.2, 0.25) is 5.82 Å². The van der Waals surface area contributed by atoms with Crippen LogP contribution in [0.25, 0.3) is 27.6 Å². The molecule has 4 aromatic rings. The van der Waals surface area contributed by atoms with Crippen molar-refractivity contribution in [2.45, 2.75) is 71.3 Å². The number of imidazole rings is 1. The van der Waals surface area contributed by atoms with Crippen LogP contribution >= 0.6 is 0 Å². The number of rotatable bonds is 2. The molecule has 1 aliphatic rings. The van der Waals surface area contributed by atoms with Crippen molar-refractivity contribution in [2.75, 3.05) is 0 Å². The molecule has 3 heterocycles. The highest BCUT2D eigenvalue weighted by Crippen LogP contribution is 2.38. The molecular formula is C25H29FN3+. The third-order valence-electron chi connectivity index (χ3n) is 6.93. The van der Waals surface area contributed by atoms with E-state index >= 15 is 0 Å². The van der Waals surface area contributed by atoms with Gasteiger partial charge >= 0.3 is 0 Å². The third-order valence-corrected chi connectivity index (χ3v) is 6.93. The summed E-state index contributed by atoms with van der Waals surface area (Å²) in [7, 11) is 0. The van der Waals surface area contributed by atoms with Crippen LogP contribution in [-0.2, 0) is 17.4 Å². The average Bonchev–Trinajstić information content (AvgIpc) is 2.95. The van der Waals surface area contributed by atoms with Gasteiger partial charge in [-0.05, 0) is 49.4 Å². The molecule has 0 spiro atoms. The van der Waals surface area contributed by atoms with Gasteiger partial charge in [0.25, 0.3) is 5.65 Å². The molecular weight excluding hydrogens is 361 g/mol. The Bertz CT molecular complexity index is 1270. The lowest BCUT2D eigenvalue weighted by atomic mass is 9.86. The van der Waals surface area contributed by atoms with Gasteiger partial charge in [-0.3, -0.25) is 0 Å². The number of hydrogen-bond acceptors (Lipinski definition) is 1. The highest BCUT2D eigenvalue weighted by molar-refractivity contribution is 5.96. The van der Waals surface area contributed by atoms with Gasteiger partial charge in [-0.25, -0.2) is 13.9 Å². The van der Waals surface area contributed by atoms with E-state index in [1.165, 1.54) is 16.7 Å². The molecule has 0 aliphatic carbocycles. The minimum absolute atomic E-state index is 0.00723. The van der Waals surface area contributed by atoms with Crippen LogP contribution in [0.1, 0.15) is 65.3 Å². The van der Waals surface area contributed by atoms with E-state index in [0.29, 0.717) is 0 Å². The van der Waals surface area contributed by atoms with Gasteiger partial charge < -0.3 is 0 Å². The van der Waals surface area contributed by atoms with E-state index in [9.17, 15) is 4.39 Å². The Morgan fingerprint density at radius 2 is 1.86 bits per heavy atom. The Morgan fingerprint density at radius 3 is 2.55 bits per heavy atom. The lowest BCUT2D eigenvalue weighted by Gasteiger charge is -2.28. The number of halogens is 1. The molecule has 2 aromatic heterocycles. The Morgan fingerprint density at radius 1 is 1.14 bits per heavy atom. The smallest absolute Gasteiger partial charge is 0.217 e. The molecule has 2 aromatic carbocycles. The van der Waals surface area contributed by atoms with Crippen molar-refractivity contribution in [3.8, 4) is 0 Å². The largest absolute Gasteiger partial charge is 0.299 e. The molecule has 0 unspecified atom stereocenters. The number of para-hydroxylation sites is 2. The number of nitrogens with zero attached hydrogens (tertiary/aromatic N) is 3. The van der Waals surface area contributed by atoms with Crippen LogP contribution in [0.2, 0.25) is 0 Å². The maximum absolute atomic E-state index is 14.6. The highest BCUT2D eigenvalue weighted by atomic mass is 19.1. The van der Waals surface area contributed by atoms with Crippen molar-refractivity contribution in [3.63, 3.8) is 0 Å². The Labute approximate surface area is 171 Å². The second-order valence-corrected chi connectivity index (χ2v) is 9.56. The fourth-order valence-corrected chi connectivity index (χ4v) is 5.35. The number of benzene rings is 2. The second kappa shape index (κ2) is 6.01. The van der Waals surface area contributed by atoms with E-state index in [2.05, 4.69) is 67.9 Å². The molecule has 0 bridgehead atoms. The van der Waals surface area contributed by atoms with Crippen molar-refractivity contribution in [1.82, 2.24) is 9.38 Å². The molecule has 0 N–H and O–H groups in total. The SMILES string of the molecule is CCC1(CC)CCc2cc(F)cc3nc(C(C)(C)C)n4c5ccccc5[n+]1c4c23. The number of hydrogen-bond donors (Lipinski definition) is 0. The fourth-order valence-electron chi connectivity index (χ4n) is 5.35. The van der Waals surface area contributed by atoms with Gasteiger partial charge in [0.1, 0.15) is 11.4 Å². The van der Waals surface area contributed by atoms with Crippen LogP contribution < -0.4 is 4.57 Å². The predicted octanol–water partition coefficient (Wildman–Crippen LogP) is 5.83. The molecule has 0 amide bonds. The van der Waals surface area contributed by atoms with E-state index < -0.39 is 0 Å². The average molecular weight is 391 g/mol. The van der Waals surface area contributed by atoms with Crippen LogP contribution in [0.3, 0.4) is 0 Å². The van der Waals surface area contributed by atoms with E-state index in [4.69, 9.17) is 4.98 Å². The third kappa shape index (κ3) is 2.41. The summed E-state index contributed by atoms with van der Waals surface area (Å²) in [5, 5.41) is 1.11. The van der Waals surface area contributed by atoms with E-state index in [1.807, 2.05) is 0 Å². The molecule has 0 fully saturated rings. The topological polar surface area (TPSA) is 21.2 Å². The summed E-state index contributed by atoms with van der Waals surface area (Å²) in [5.41, 5.74) is 5.30. The van der Waals surface area contributed by atoms with Crippen LogP contribution in [0.4, 0.5) is 4.39 Å². The molecule has 150 valence electrons. The van der Waals surface area contributed by atoms with Crippen LogP contribution in [0.5, 0.6) is 0 Å². The van der Waals surface area contributed by atoms with E-state index in [1.54, 1.807) is 12.1 Å². The summed E-state index contributed by atoms with van der Waals surface area (Å²) in [6.45, 7) is 11.1. The normalized spacial score (nSPS) is 16.2. The standard InChI is InChI=1S/C25H29FN3/c1-6-25(7-2)13-12-16-14-17(26)15-18-21(16)22-28(23(27-18)24(3,4)5)19-10-8-9-11-20(19)29(22)25/h8-11,14-15H,6-7,12-13H2,1-5H3/q+1. The van der Waals surface area contributed by atoms with Crippen molar-refractivity contribution in [2.24, 2.45) is 0 Å². The first-order valence-corrected chi connectivity index (χ1v) is 10.8. The van der Waals surface area contributed by atoms with Gasteiger partial charge in [-0.1, -0.05) is 46.8 Å². The molecule has 5 rings (SSSR count). The summed E-state index contributed by atoms with van der Waals surface area (Å²) in [6.07, 6.45) is 3.97. The maximum Gasteiger partial charge on any atom is 0.299 e. The van der Waals surface area contributed by atoms with Gasteiger partial charge in [0, 0.05) is 11.5 Å². The zero-order valence-electron chi connectivity index (χ0n) is 18.0. The molecule has 3 nitrogen and oxygen atoms in total. The van der Waals surface area contributed by atoms with Crippen LogP contribution in [0.15, 0.2) is 36.4 Å². The molecule has 4 heteroatoms. The quantitative estimate of drug-likeness (QED) is 0.395. The van der Waals surface area contributed by atoms with Crippen molar-refractivity contribution in [3.05, 3.63) is 53.6 Å². The molecule has 0 radical (unpaired) electrons. The summed E-state index contributed by atoms with van der Waals surface area (Å²) in [5.74, 6) is 0.793. The first-order chi connectivity index (χ1) is 13.8.